The SMILES string of the molecule is CCCCCCCC/C=C\CCCCCCCC(=O)NCCCCCC(=O)N[C@@H](CCCN=C(N)N)C(=O)N[C@@H](CCCN=C(N)N)C(N)=O. The minimum atomic E-state index is -0.944. The van der Waals surface area contributed by atoms with Crippen molar-refractivity contribution in [2.45, 2.75) is 160 Å². The van der Waals surface area contributed by atoms with Crippen molar-refractivity contribution in [2.75, 3.05) is 19.6 Å². The second-order valence-corrected chi connectivity index (χ2v) is 13.0. The summed E-state index contributed by atoms with van der Waals surface area (Å²) in [5.41, 5.74) is 26.9. The Balaban J connectivity index is 4.22. The van der Waals surface area contributed by atoms with Crippen molar-refractivity contribution >= 4 is 35.5 Å². The number of carbonyl (C=O) groups is 4. The van der Waals surface area contributed by atoms with Crippen LogP contribution in [0.2, 0.25) is 0 Å². The van der Waals surface area contributed by atoms with Gasteiger partial charge in [-0.15, -0.1) is 0 Å². The Morgan fingerprint density at radius 3 is 1.58 bits per heavy atom. The first-order valence-electron chi connectivity index (χ1n) is 19.0. The fraction of sp³-hybridized carbons (Fsp3) is 0.778. The van der Waals surface area contributed by atoms with Crippen LogP contribution in [0, 0.1) is 0 Å². The van der Waals surface area contributed by atoms with Crippen molar-refractivity contribution in [1.29, 1.82) is 0 Å². The average Bonchev–Trinajstić information content (AvgIpc) is 3.06. The molecule has 288 valence electrons. The summed E-state index contributed by atoms with van der Waals surface area (Å²) in [4.78, 5) is 57.6. The van der Waals surface area contributed by atoms with Gasteiger partial charge in [-0.05, 0) is 70.6 Å². The zero-order chi connectivity index (χ0) is 37.2. The van der Waals surface area contributed by atoms with E-state index in [1.165, 1.54) is 57.8 Å². The summed E-state index contributed by atoms with van der Waals surface area (Å²) < 4.78 is 0. The van der Waals surface area contributed by atoms with Gasteiger partial charge in [0.2, 0.25) is 23.6 Å². The number of nitrogens with two attached hydrogens (primary N) is 5. The Bertz CT molecular complexity index is 1010. The highest BCUT2D eigenvalue weighted by atomic mass is 16.2. The van der Waals surface area contributed by atoms with Crippen molar-refractivity contribution in [3.8, 4) is 0 Å². The first-order valence-corrected chi connectivity index (χ1v) is 19.0. The molecule has 0 spiro atoms. The van der Waals surface area contributed by atoms with Crippen molar-refractivity contribution in [3.05, 3.63) is 12.2 Å². The fourth-order valence-electron chi connectivity index (χ4n) is 5.36. The molecular formula is C36H70N10O4. The molecule has 0 radical (unpaired) electrons. The van der Waals surface area contributed by atoms with E-state index in [0.29, 0.717) is 32.2 Å². The molecule has 0 aliphatic rings. The first kappa shape index (κ1) is 46.2. The Labute approximate surface area is 301 Å². The molecule has 4 amide bonds. The normalized spacial score (nSPS) is 12.2. The van der Waals surface area contributed by atoms with Gasteiger partial charge < -0.3 is 44.6 Å². The number of allylic oxidation sites excluding steroid dienone is 2. The summed E-state index contributed by atoms with van der Waals surface area (Å²) in [6, 6.07) is -1.84. The largest absolute Gasteiger partial charge is 0.370 e. The smallest absolute Gasteiger partial charge is 0.243 e. The van der Waals surface area contributed by atoms with Crippen LogP contribution in [0.1, 0.15) is 148 Å². The van der Waals surface area contributed by atoms with Gasteiger partial charge in [0.15, 0.2) is 11.9 Å². The van der Waals surface area contributed by atoms with E-state index < -0.39 is 23.9 Å². The molecule has 0 aromatic carbocycles. The standard InChI is InChI=1S/C36H70N10O4/c1-2-3-4-5-6-7-8-9-10-11-12-13-14-15-17-24-31(47)42-26-19-16-18-25-32(48)45-30(23-21-28-44-36(40)41)34(50)46-29(33(37)49)22-20-27-43-35(38)39/h9-10,29-30H,2-8,11-28H2,1H3,(H2,37,49)(H,42,47)(H,45,48)(H,46,50)(H4,38,39,43)(H4,40,41,44)/b10-9-/t29-,30-/m0/s1. The molecule has 0 aliphatic carbocycles. The maximum absolute atomic E-state index is 13.0. The van der Waals surface area contributed by atoms with Gasteiger partial charge in [0.1, 0.15) is 12.1 Å². The lowest BCUT2D eigenvalue weighted by atomic mass is 10.1. The number of guanidine groups is 2. The van der Waals surface area contributed by atoms with Gasteiger partial charge in [-0.3, -0.25) is 29.2 Å². The van der Waals surface area contributed by atoms with Gasteiger partial charge in [-0.1, -0.05) is 76.9 Å². The zero-order valence-electron chi connectivity index (χ0n) is 30.9. The topological polar surface area (TPSA) is 259 Å². The van der Waals surface area contributed by atoms with Gasteiger partial charge in [-0.2, -0.15) is 0 Å². The third-order valence-electron chi connectivity index (χ3n) is 8.27. The Morgan fingerprint density at radius 1 is 0.560 bits per heavy atom. The monoisotopic (exact) mass is 707 g/mol. The van der Waals surface area contributed by atoms with Gasteiger partial charge in [-0.25, -0.2) is 0 Å². The van der Waals surface area contributed by atoms with Gasteiger partial charge >= 0.3 is 0 Å². The Hall–Kier alpha value is -3.84. The van der Waals surface area contributed by atoms with E-state index in [2.05, 4.69) is 45.0 Å². The minimum absolute atomic E-state index is 0.0659. The quantitative estimate of drug-likeness (QED) is 0.0217. The highest BCUT2D eigenvalue weighted by molar-refractivity contribution is 5.91. The average molecular weight is 707 g/mol. The van der Waals surface area contributed by atoms with Crippen LogP contribution in [-0.4, -0.2) is 67.3 Å². The number of nitrogens with zero attached hydrogens (tertiary/aromatic N) is 2. The van der Waals surface area contributed by atoms with Crippen LogP contribution in [0.15, 0.2) is 22.1 Å². The summed E-state index contributed by atoms with van der Waals surface area (Å²) in [6.07, 6.45) is 24.8. The summed E-state index contributed by atoms with van der Waals surface area (Å²) in [5.74, 6) is -1.58. The molecule has 14 nitrogen and oxygen atoms in total. The number of aliphatic imine (C=N–C) groups is 2. The lowest BCUT2D eigenvalue weighted by molar-refractivity contribution is -0.131. The van der Waals surface area contributed by atoms with Crippen LogP contribution < -0.4 is 44.6 Å². The summed E-state index contributed by atoms with van der Waals surface area (Å²) in [6.45, 7) is 3.38. The number of primary amides is 1. The van der Waals surface area contributed by atoms with Crippen LogP contribution in [0.25, 0.3) is 0 Å². The third kappa shape index (κ3) is 30.2. The summed E-state index contributed by atoms with van der Waals surface area (Å²) in [5, 5.41) is 8.36. The van der Waals surface area contributed by atoms with Gasteiger partial charge in [0.05, 0.1) is 0 Å². The molecule has 0 aromatic rings. The number of carbonyl (C=O) groups excluding carboxylic acids is 4. The van der Waals surface area contributed by atoms with Crippen molar-refractivity contribution in [3.63, 3.8) is 0 Å². The fourth-order valence-corrected chi connectivity index (χ4v) is 5.36. The van der Waals surface area contributed by atoms with E-state index >= 15 is 0 Å². The molecule has 0 heterocycles. The maximum atomic E-state index is 13.0. The van der Waals surface area contributed by atoms with Crippen molar-refractivity contribution < 1.29 is 19.2 Å². The van der Waals surface area contributed by atoms with Crippen molar-refractivity contribution in [2.24, 2.45) is 38.7 Å². The second kappa shape index (κ2) is 32.4. The van der Waals surface area contributed by atoms with E-state index in [1.807, 2.05) is 0 Å². The Morgan fingerprint density at radius 2 is 1.04 bits per heavy atom. The Kier molecular flexibility index (Phi) is 29.9. The third-order valence-corrected chi connectivity index (χ3v) is 8.27. The highest BCUT2D eigenvalue weighted by Gasteiger charge is 2.25. The van der Waals surface area contributed by atoms with Crippen LogP contribution in [0.4, 0.5) is 0 Å². The summed E-state index contributed by atoms with van der Waals surface area (Å²) >= 11 is 0. The van der Waals surface area contributed by atoms with Gasteiger partial charge in [0, 0.05) is 32.5 Å². The molecule has 0 aromatic heterocycles. The number of hydrogen-bond donors (Lipinski definition) is 8. The molecule has 0 unspecified atom stereocenters. The lowest BCUT2D eigenvalue weighted by Gasteiger charge is -2.22. The molecule has 0 saturated carbocycles. The van der Waals surface area contributed by atoms with Crippen LogP contribution >= 0.6 is 0 Å². The van der Waals surface area contributed by atoms with Crippen molar-refractivity contribution in [1.82, 2.24) is 16.0 Å². The number of rotatable bonds is 33. The predicted octanol–water partition coefficient (Wildman–Crippen LogP) is 3.26. The minimum Gasteiger partial charge on any atom is -0.370 e. The van der Waals surface area contributed by atoms with E-state index in [-0.39, 0.29) is 56.1 Å². The van der Waals surface area contributed by atoms with E-state index in [0.717, 1.165) is 38.5 Å². The second-order valence-electron chi connectivity index (χ2n) is 13.0. The molecule has 0 fully saturated rings. The molecule has 13 N–H and O–H groups in total. The van der Waals surface area contributed by atoms with Crippen LogP contribution in [0.5, 0.6) is 0 Å². The van der Waals surface area contributed by atoms with Crippen LogP contribution in [-0.2, 0) is 19.2 Å². The zero-order valence-corrected chi connectivity index (χ0v) is 30.9. The molecule has 0 bridgehead atoms. The van der Waals surface area contributed by atoms with Gasteiger partial charge in [0.25, 0.3) is 0 Å². The first-order chi connectivity index (χ1) is 24.1. The highest BCUT2D eigenvalue weighted by Crippen LogP contribution is 2.10. The molecule has 0 saturated heterocycles. The molecule has 0 rings (SSSR count). The number of nitrogens with one attached hydrogen (secondary N) is 3. The number of amides is 4. The molecular weight excluding hydrogens is 636 g/mol. The van der Waals surface area contributed by atoms with E-state index in [4.69, 9.17) is 28.7 Å². The van der Waals surface area contributed by atoms with Crippen LogP contribution in [0.3, 0.4) is 0 Å². The van der Waals surface area contributed by atoms with E-state index in [1.54, 1.807) is 0 Å². The molecule has 0 aliphatic heterocycles. The predicted molar refractivity (Wildman–Crippen MR) is 204 cm³/mol. The molecule has 2 atom stereocenters. The lowest BCUT2D eigenvalue weighted by Crippen LogP contribution is -2.53. The summed E-state index contributed by atoms with van der Waals surface area (Å²) in [7, 11) is 0. The number of unbranched alkanes of at least 4 members (excludes halogenated alkanes) is 13. The maximum Gasteiger partial charge on any atom is 0.243 e. The van der Waals surface area contributed by atoms with E-state index in [9.17, 15) is 19.2 Å². The molecule has 14 heteroatoms. The molecule has 50 heavy (non-hydrogen) atoms. The number of hydrogen-bond acceptors (Lipinski definition) is 6.